The van der Waals surface area contributed by atoms with Gasteiger partial charge in [0, 0.05) is 56.8 Å². The van der Waals surface area contributed by atoms with E-state index in [1.54, 1.807) is 18.4 Å². The first-order chi connectivity index (χ1) is 12.8. The molecule has 5 nitrogen and oxygen atoms in total. The van der Waals surface area contributed by atoms with Gasteiger partial charge in [0.25, 0.3) is 0 Å². The number of nitrogens with zero attached hydrogens (tertiary/aromatic N) is 3. The summed E-state index contributed by atoms with van der Waals surface area (Å²) in [5.74, 6) is 0.881. The number of rotatable bonds is 6. The van der Waals surface area contributed by atoms with Crippen LogP contribution in [-0.2, 0) is 11.3 Å². The molecule has 2 aliphatic heterocycles. The van der Waals surface area contributed by atoms with E-state index in [1.807, 2.05) is 12.1 Å². The van der Waals surface area contributed by atoms with Crippen LogP contribution in [0.2, 0.25) is 0 Å². The lowest BCUT2D eigenvalue weighted by Gasteiger charge is -2.35. The van der Waals surface area contributed by atoms with Gasteiger partial charge in [0.05, 0.1) is 18.9 Å². The second-order valence-corrected chi connectivity index (χ2v) is 7.94. The molecule has 2 saturated heterocycles. The van der Waals surface area contributed by atoms with Crippen LogP contribution in [0.4, 0.5) is 0 Å². The molecule has 0 radical (unpaired) electrons. The van der Waals surface area contributed by atoms with E-state index in [0.717, 1.165) is 62.2 Å². The number of aromatic nitrogens is 1. The molecule has 0 spiro atoms. The predicted molar refractivity (Wildman–Crippen MR) is 105 cm³/mol. The first-order valence-corrected chi connectivity index (χ1v) is 10.3. The van der Waals surface area contributed by atoms with Crippen molar-refractivity contribution in [3.63, 3.8) is 0 Å². The first kappa shape index (κ1) is 17.9. The summed E-state index contributed by atoms with van der Waals surface area (Å²) >= 11 is 1.72. The normalized spacial score (nSPS) is 22.0. The first-order valence-electron chi connectivity index (χ1n) is 9.45. The van der Waals surface area contributed by atoms with Gasteiger partial charge in [-0.1, -0.05) is 0 Å². The second-order valence-electron chi connectivity index (χ2n) is 7.08. The van der Waals surface area contributed by atoms with Crippen LogP contribution in [0.3, 0.4) is 0 Å². The van der Waals surface area contributed by atoms with Gasteiger partial charge in [-0.15, -0.1) is 11.3 Å². The summed E-state index contributed by atoms with van der Waals surface area (Å²) in [6, 6.07) is 8.13. The Bertz CT molecular complexity index is 689. The van der Waals surface area contributed by atoms with Gasteiger partial charge in [0.1, 0.15) is 10.8 Å². The number of methoxy groups -OCH3 is 1. The summed E-state index contributed by atoms with van der Waals surface area (Å²) in [5.41, 5.74) is 2.33. The maximum absolute atomic E-state index is 5.77. The summed E-state index contributed by atoms with van der Waals surface area (Å²) < 4.78 is 11.0. The van der Waals surface area contributed by atoms with Gasteiger partial charge in [-0.2, -0.15) is 0 Å². The molecule has 0 saturated carbocycles. The smallest absolute Gasteiger partial charge is 0.123 e. The monoisotopic (exact) mass is 373 g/mol. The molecule has 2 aliphatic rings. The van der Waals surface area contributed by atoms with E-state index in [-0.39, 0.29) is 0 Å². The molecule has 26 heavy (non-hydrogen) atoms. The Morgan fingerprint density at radius 2 is 1.92 bits per heavy atom. The average molecular weight is 374 g/mol. The van der Waals surface area contributed by atoms with E-state index in [1.165, 1.54) is 18.5 Å². The van der Waals surface area contributed by atoms with E-state index in [9.17, 15) is 0 Å². The van der Waals surface area contributed by atoms with Crippen molar-refractivity contribution in [2.75, 3.05) is 46.4 Å². The molecule has 1 aromatic carbocycles. The topological polar surface area (TPSA) is 37.8 Å². The molecule has 2 fully saturated rings. The van der Waals surface area contributed by atoms with Crippen molar-refractivity contribution in [3.05, 3.63) is 35.3 Å². The van der Waals surface area contributed by atoms with Crippen LogP contribution in [0.5, 0.6) is 5.75 Å². The number of thiazole rings is 1. The van der Waals surface area contributed by atoms with Crippen LogP contribution in [-0.4, -0.2) is 67.3 Å². The van der Waals surface area contributed by atoms with Gasteiger partial charge in [-0.25, -0.2) is 4.98 Å². The molecule has 0 amide bonds. The van der Waals surface area contributed by atoms with Crippen molar-refractivity contribution >= 4 is 11.3 Å². The molecule has 0 N–H and O–H groups in total. The molecular formula is C20H27N3O2S. The van der Waals surface area contributed by atoms with Crippen LogP contribution in [0.15, 0.2) is 29.6 Å². The lowest BCUT2D eigenvalue weighted by molar-refractivity contribution is 0.0487. The van der Waals surface area contributed by atoms with Crippen LogP contribution in [0.1, 0.15) is 18.5 Å². The minimum Gasteiger partial charge on any atom is -0.497 e. The Kier molecular flexibility index (Phi) is 5.84. The van der Waals surface area contributed by atoms with Gasteiger partial charge < -0.3 is 9.47 Å². The fourth-order valence-corrected chi connectivity index (χ4v) is 4.50. The Morgan fingerprint density at radius 3 is 2.62 bits per heavy atom. The highest BCUT2D eigenvalue weighted by Crippen LogP contribution is 2.26. The molecule has 0 aliphatic carbocycles. The summed E-state index contributed by atoms with van der Waals surface area (Å²) in [7, 11) is 1.69. The quantitative estimate of drug-likeness (QED) is 0.778. The number of hydrogen-bond donors (Lipinski definition) is 0. The Labute approximate surface area is 159 Å². The van der Waals surface area contributed by atoms with E-state index >= 15 is 0 Å². The molecule has 2 aromatic rings. The molecule has 6 heteroatoms. The van der Waals surface area contributed by atoms with Crippen LogP contribution in [0.25, 0.3) is 10.6 Å². The van der Waals surface area contributed by atoms with Crippen molar-refractivity contribution in [1.29, 1.82) is 0 Å². The highest BCUT2D eigenvalue weighted by atomic mass is 32.1. The number of hydrogen-bond acceptors (Lipinski definition) is 6. The fraction of sp³-hybridized carbons (Fsp3) is 0.550. The molecule has 3 heterocycles. The molecule has 0 bridgehead atoms. The van der Waals surface area contributed by atoms with Gasteiger partial charge in [-0.05, 0) is 37.1 Å². The summed E-state index contributed by atoms with van der Waals surface area (Å²) in [6.07, 6.45) is 2.92. The SMILES string of the molecule is COc1ccc(-c2nc(CN3CCN(CC4CCCO4)CC3)cs2)cc1. The molecule has 1 aromatic heterocycles. The van der Waals surface area contributed by atoms with Crippen molar-refractivity contribution in [2.45, 2.75) is 25.5 Å². The zero-order valence-corrected chi connectivity index (χ0v) is 16.2. The molecule has 140 valence electrons. The zero-order chi connectivity index (χ0) is 17.8. The zero-order valence-electron chi connectivity index (χ0n) is 15.4. The lowest BCUT2D eigenvalue weighted by atomic mass is 10.2. The molecule has 1 atom stereocenters. The minimum absolute atomic E-state index is 0.465. The summed E-state index contributed by atoms with van der Waals surface area (Å²) in [4.78, 5) is 9.90. The van der Waals surface area contributed by atoms with Crippen molar-refractivity contribution < 1.29 is 9.47 Å². The predicted octanol–water partition coefficient (Wildman–Crippen LogP) is 3.12. The third-order valence-electron chi connectivity index (χ3n) is 5.23. The van der Waals surface area contributed by atoms with Gasteiger partial charge in [-0.3, -0.25) is 9.80 Å². The van der Waals surface area contributed by atoms with Gasteiger partial charge in [0.2, 0.25) is 0 Å². The largest absolute Gasteiger partial charge is 0.497 e. The second kappa shape index (κ2) is 8.48. The molecule has 4 rings (SSSR count). The summed E-state index contributed by atoms with van der Waals surface area (Å²) in [5, 5.41) is 3.28. The number of ether oxygens (including phenoxy) is 2. The molecular weight excluding hydrogens is 346 g/mol. The maximum Gasteiger partial charge on any atom is 0.123 e. The Balaban J connectivity index is 1.27. The van der Waals surface area contributed by atoms with Crippen LogP contribution < -0.4 is 4.74 Å². The minimum atomic E-state index is 0.465. The fourth-order valence-electron chi connectivity index (χ4n) is 3.68. The Morgan fingerprint density at radius 1 is 1.15 bits per heavy atom. The van der Waals surface area contributed by atoms with Crippen LogP contribution in [0, 0.1) is 0 Å². The lowest BCUT2D eigenvalue weighted by Crippen LogP contribution is -2.48. The van der Waals surface area contributed by atoms with Gasteiger partial charge >= 0.3 is 0 Å². The van der Waals surface area contributed by atoms with Gasteiger partial charge in [0.15, 0.2) is 0 Å². The van der Waals surface area contributed by atoms with Crippen molar-refractivity contribution in [1.82, 2.24) is 14.8 Å². The highest BCUT2D eigenvalue weighted by molar-refractivity contribution is 7.13. The van der Waals surface area contributed by atoms with Crippen molar-refractivity contribution in [3.8, 4) is 16.3 Å². The summed E-state index contributed by atoms with van der Waals surface area (Å²) in [6.45, 7) is 7.49. The third kappa shape index (κ3) is 4.43. The number of piperazine rings is 1. The third-order valence-corrected chi connectivity index (χ3v) is 6.17. The van der Waals surface area contributed by atoms with E-state index < -0.39 is 0 Å². The Hall–Kier alpha value is -1.47. The van der Waals surface area contributed by atoms with E-state index in [4.69, 9.17) is 14.5 Å². The van der Waals surface area contributed by atoms with Crippen molar-refractivity contribution in [2.24, 2.45) is 0 Å². The van der Waals surface area contributed by atoms with E-state index in [0.29, 0.717) is 6.10 Å². The highest BCUT2D eigenvalue weighted by Gasteiger charge is 2.23. The number of benzene rings is 1. The van der Waals surface area contributed by atoms with Crippen LogP contribution >= 0.6 is 11.3 Å². The molecule has 1 unspecified atom stereocenters. The maximum atomic E-state index is 5.77. The van der Waals surface area contributed by atoms with E-state index in [2.05, 4.69) is 27.3 Å². The average Bonchev–Trinajstić information content (AvgIpc) is 3.36. The standard InChI is InChI=1S/C20H27N3O2S/c1-24-18-6-4-16(5-7-18)20-21-17(15-26-20)13-22-8-10-23(11-9-22)14-19-3-2-12-25-19/h4-7,15,19H,2-3,8-14H2,1H3.